The summed E-state index contributed by atoms with van der Waals surface area (Å²) in [5, 5.41) is 10.7. The lowest BCUT2D eigenvalue weighted by molar-refractivity contribution is -0.115. The maximum Gasteiger partial charge on any atom is 0.295 e. The molecular weight excluding hydrogens is 204 g/mol. The van der Waals surface area contributed by atoms with Crippen molar-refractivity contribution < 1.29 is 4.79 Å². The number of carbonyl (C=O) groups is 1. The largest absolute Gasteiger partial charge is 0.345 e. The van der Waals surface area contributed by atoms with E-state index in [-0.39, 0.29) is 5.91 Å². The minimum Gasteiger partial charge on any atom is -0.345 e. The van der Waals surface area contributed by atoms with Crippen LogP contribution in [0.25, 0.3) is 0 Å². The van der Waals surface area contributed by atoms with Crippen molar-refractivity contribution in [2.45, 2.75) is 32.2 Å². The first-order valence-electron chi connectivity index (χ1n) is 5.40. The van der Waals surface area contributed by atoms with Crippen LogP contribution >= 0.6 is 0 Å². The molecule has 0 bridgehead atoms. The predicted molar refractivity (Wildman–Crippen MR) is 58.5 cm³/mol. The zero-order chi connectivity index (χ0) is 11.4. The van der Waals surface area contributed by atoms with Crippen LogP contribution in [-0.4, -0.2) is 27.2 Å². The zero-order valence-corrected chi connectivity index (χ0v) is 9.23. The van der Waals surface area contributed by atoms with Crippen molar-refractivity contribution in [1.29, 1.82) is 0 Å². The van der Waals surface area contributed by atoms with E-state index in [2.05, 4.69) is 31.9 Å². The Morgan fingerprint density at radius 2 is 2.50 bits per heavy atom. The van der Waals surface area contributed by atoms with Gasteiger partial charge in [-0.1, -0.05) is 5.92 Å². The van der Waals surface area contributed by atoms with Gasteiger partial charge in [0.15, 0.2) is 0 Å². The fourth-order valence-corrected chi connectivity index (χ4v) is 1.55. The summed E-state index contributed by atoms with van der Waals surface area (Å²) in [5.74, 6) is 5.69. The summed E-state index contributed by atoms with van der Waals surface area (Å²) >= 11 is 0. The number of rotatable bonds is 4. The molecule has 5 heteroatoms. The number of nitrogens with one attached hydrogen (secondary N) is 1. The van der Waals surface area contributed by atoms with E-state index in [1.54, 1.807) is 13.3 Å². The van der Waals surface area contributed by atoms with Gasteiger partial charge in [-0.2, -0.15) is 0 Å². The molecule has 0 radical (unpaired) electrons. The van der Waals surface area contributed by atoms with E-state index in [9.17, 15) is 4.79 Å². The maximum atomic E-state index is 11.1. The normalized spacial score (nSPS) is 14.1. The minimum absolute atomic E-state index is 0.236. The molecule has 0 atom stereocenters. The van der Waals surface area contributed by atoms with Gasteiger partial charge < -0.3 is 9.88 Å². The van der Waals surface area contributed by atoms with E-state index >= 15 is 0 Å². The van der Waals surface area contributed by atoms with Gasteiger partial charge in [-0.3, -0.25) is 4.79 Å². The predicted octanol–water partition coefficient (Wildman–Crippen LogP) is 0.295. The van der Waals surface area contributed by atoms with Crippen LogP contribution in [0.3, 0.4) is 0 Å². The molecule has 1 aliphatic rings. The smallest absolute Gasteiger partial charge is 0.295 e. The highest BCUT2D eigenvalue weighted by Crippen LogP contribution is 2.35. The van der Waals surface area contributed by atoms with Crippen LogP contribution in [0, 0.1) is 11.8 Å². The highest BCUT2D eigenvalue weighted by atomic mass is 16.1. The van der Waals surface area contributed by atoms with Crippen LogP contribution in [0.15, 0.2) is 6.33 Å². The van der Waals surface area contributed by atoms with Gasteiger partial charge >= 0.3 is 0 Å². The Labute approximate surface area is 94.2 Å². The number of nitrogens with zero attached hydrogens (tertiary/aromatic N) is 3. The van der Waals surface area contributed by atoms with Gasteiger partial charge in [0.2, 0.25) is 0 Å². The van der Waals surface area contributed by atoms with E-state index < -0.39 is 0 Å². The van der Waals surface area contributed by atoms with Crippen molar-refractivity contribution >= 4 is 5.91 Å². The van der Waals surface area contributed by atoms with E-state index in [1.165, 1.54) is 12.8 Å². The molecule has 84 valence electrons. The number of hydrogen-bond donors (Lipinski definition) is 1. The monoisotopic (exact) mass is 218 g/mol. The highest BCUT2D eigenvalue weighted by Gasteiger charge is 2.25. The third kappa shape index (κ3) is 2.60. The lowest BCUT2D eigenvalue weighted by Gasteiger charge is -2.04. The van der Waals surface area contributed by atoms with Gasteiger partial charge in [-0.15, -0.1) is 10.2 Å². The second-order valence-corrected chi connectivity index (χ2v) is 3.77. The van der Waals surface area contributed by atoms with Crippen molar-refractivity contribution in [3.8, 4) is 11.8 Å². The third-order valence-corrected chi connectivity index (χ3v) is 2.46. The van der Waals surface area contributed by atoms with Gasteiger partial charge in [0, 0.05) is 19.0 Å². The van der Waals surface area contributed by atoms with E-state index in [4.69, 9.17) is 0 Å². The molecule has 1 N–H and O–H groups in total. The zero-order valence-electron chi connectivity index (χ0n) is 9.23. The summed E-state index contributed by atoms with van der Waals surface area (Å²) in [7, 11) is 0. The molecule has 0 unspecified atom stereocenters. The molecule has 1 aromatic rings. The average molecular weight is 218 g/mol. The molecule has 0 spiro atoms. The Morgan fingerprint density at radius 1 is 1.69 bits per heavy atom. The molecule has 0 aliphatic heterocycles. The first-order valence-corrected chi connectivity index (χ1v) is 5.40. The Balaban J connectivity index is 1.82. The summed E-state index contributed by atoms with van der Waals surface area (Å²) < 4.78 is 2.09. The van der Waals surface area contributed by atoms with Crippen molar-refractivity contribution in [3.63, 3.8) is 0 Å². The van der Waals surface area contributed by atoms with Crippen LogP contribution in [0.2, 0.25) is 0 Å². The van der Waals surface area contributed by atoms with Gasteiger partial charge in [0.1, 0.15) is 12.2 Å². The Hall–Kier alpha value is -1.83. The molecule has 1 aromatic heterocycles. The Kier molecular flexibility index (Phi) is 3.20. The lowest BCUT2D eigenvalue weighted by atomic mass is 10.4. The maximum absolute atomic E-state index is 11.1. The summed E-state index contributed by atoms with van der Waals surface area (Å²) in [5.41, 5.74) is 0. The molecule has 1 amide bonds. The van der Waals surface area contributed by atoms with Gasteiger partial charge in [0.05, 0.1) is 0 Å². The van der Waals surface area contributed by atoms with E-state index in [1.807, 2.05) is 0 Å². The van der Waals surface area contributed by atoms with Crippen LogP contribution in [0.4, 0.5) is 0 Å². The number of carbonyl (C=O) groups excluding carboxylic acids is 1. The molecular formula is C11H14N4O. The van der Waals surface area contributed by atoms with Gasteiger partial charge in [0.25, 0.3) is 5.91 Å². The van der Waals surface area contributed by atoms with Gasteiger partial charge in [-0.05, 0) is 25.7 Å². The molecule has 1 heterocycles. The minimum atomic E-state index is -0.236. The first kappa shape index (κ1) is 10.7. The molecule has 0 aromatic carbocycles. The number of hydrogen-bond acceptors (Lipinski definition) is 3. The Bertz CT molecular complexity index is 436. The fraction of sp³-hybridized carbons (Fsp3) is 0.545. The molecule has 1 fully saturated rings. The van der Waals surface area contributed by atoms with Crippen molar-refractivity contribution in [2.24, 2.45) is 0 Å². The lowest BCUT2D eigenvalue weighted by Crippen LogP contribution is -2.24. The van der Waals surface area contributed by atoms with Crippen LogP contribution in [0.1, 0.15) is 31.6 Å². The quantitative estimate of drug-likeness (QED) is 0.739. The molecule has 1 aliphatic carbocycles. The van der Waals surface area contributed by atoms with E-state index in [0.717, 1.165) is 5.82 Å². The fourth-order valence-electron chi connectivity index (χ4n) is 1.55. The molecule has 1 saturated carbocycles. The van der Waals surface area contributed by atoms with Crippen molar-refractivity contribution in [1.82, 2.24) is 20.1 Å². The SMILES string of the molecule is CC#CC(=O)NCCc1nncn1C1CC1. The van der Waals surface area contributed by atoms with Gasteiger partial charge in [-0.25, -0.2) is 0 Å². The molecule has 5 nitrogen and oxygen atoms in total. The summed E-state index contributed by atoms with van der Waals surface area (Å²) in [6.45, 7) is 2.20. The summed E-state index contributed by atoms with van der Waals surface area (Å²) in [4.78, 5) is 11.1. The highest BCUT2D eigenvalue weighted by molar-refractivity contribution is 5.93. The molecule has 0 saturated heterocycles. The third-order valence-electron chi connectivity index (χ3n) is 2.46. The summed E-state index contributed by atoms with van der Waals surface area (Å²) in [6.07, 6.45) is 4.88. The van der Waals surface area contributed by atoms with Crippen LogP contribution in [-0.2, 0) is 11.2 Å². The summed E-state index contributed by atoms with van der Waals surface area (Å²) in [6, 6.07) is 0.580. The molecule has 16 heavy (non-hydrogen) atoms. The van der Waals surface area contributed by atoms with Crippen LogP contribution in [0.5, 0.6) is 0 Å². The number of amides is 1. The Morgan fingerprint density at radius 3 is 3.19 bits per heavy atom. The first-order chi connectivity index (χ1) is 7.81. The topological polar surface area (TPSA) is 59.8 Å². The number of aromatic nitrogens is 3. The molecule has 2 rings (SSSR count). The van der Waals surface area contributed by atoms with Crippen molar-refractivity contribution in [2.75, 3.05) is 6.54 Å². The second-order valence-electron chi connectivity index (χ2n) is 3.77. The van der Waals surface area contributed by atoms with Crippen LogP contribution < -0.4 is 5.32 Å². The second kappa shape index (κ2) is 4.79. The van der Waals surface area contributed by atoms with E-state index in [0.29, 0.717) is 19.0 Å². The average Bonchev–Trinajstić information content (AvgIpc) is 3.00. The van der Waals surface area contributed by atoms with Crippen molar-refractivity contribution in [3.05, 3.63) is 12.2 Å². The standard InChI is InChI=1S/C11H14N4O/c1-2-3-11(16)12-7-6-10-14-13-8-15(10)9-4-5-9/h8-9H,4-7H2,1H3,(H,12,16).